The molecule has 1 nitrogen and oxygen atoms in total. The summed E-state index contributed by atoms with van der Waals surface area (Å²) < 4.78 is 0. The van der Waals surface area contributed by atoms with Crippen molar-refractivity contribution in [3.05, 3.63) is 71.8 Å². The molecule has 0 bridgehead atoms. The van der Waals surface area contributed by atoms with Gasteiger partial charge in [-0.2, -0.15) is 0 Å². The second kappa shape index (κ2) is 5.31. The van der Waals surface area contributed by atoms with Crippen LogP contribution in [-0.2, 0) is 5.60 Å². The highest BCUT2D eigenvalue weighted by Crippen LogP contribution is 2.37. The molecule has 2 rings (SSSR count). The summed E-state index contributed by atoms with van der Waals surface area (Å²) in [6.07, 6.45) is 0. The molecule has 100 valence electrons. The first-order chi connectivity index (χ1) is 8.92. The van der Waals surface area contributed by atoms with Crippen LogP contribution in [0.2, 0.25) is 25.7 Å². The molecule has 2 aromatic rings. The Morgan fingerprint density at radius 3 is 1.47 bits per heavy atom. The van der Waals surface area contributed by atoms with Crippen molar-refractivity contribution in [2.75, 3.05) is 0 Å². The van der Waals surface area contributed by atoms with Crippen molar-refractivity contribution in [2.45, 2.75) is 31.3 Å². The molecule has 0 saturated heterocycles. The van der Waals surface area contributed by atoms with Gasteiger partial charge in [0.05, 0.1) is 0 Å². The first-order valence-corrected chi connectivity index (χ1v) is 10.5. The number of rotatable bonds is 4. The maximum atomic E-state index is 11.3. The molecule has 0 unspecified atom stereocenters. The van der Waals surface area contributed by atoms with E-state index < -0.39 is 13.7 Å². The van der Waals surface area contributed by atoms with Crippen molar-refractivity contribution in [1.82, 2.24) is 0 Å². The molecule has 0 aliphatic carbocycles. The molecule has 2 heteroatoms. The summed E-state index contributed by atoms with van der Waals surface area (Å²) in [5.41, 5.74) is 1.11. The monoisotopic (exact) mass is 270 g/mol. The summed E-state index contributed by atoms with van der Waals surface area (Å²) in [5.74, 6) is 0. The number of hydrogen-bond donors (Lipinski definition) is 1. The van der Waals surface area contributed by atoms with Crippen LogP contribution in [0.1, 0.15) is 11.1 Å². The van der Waals surface area contributed by atoms with Crippen LogP contribution in [-0.4, -0.2) is 13.2 Å². The van der Waals surface area contributed by atoms with E-state index in [9.17, 15) is 5.11 Å². The van der Waals surface area contributed by atoms with Crippen LogP contribution < -0.4 is 0 Å². The largest absolute Gasteiger partial charge is 0.381 e. The molecule has 1 N–H and O–H groups in total. The summed E-state index contributed by atoms with van der Waals surface area (Å²) in [4.78, 5) is 0. The Hall–Kier alpha value is -1.38. The number of benzene rings is 2. The quantitative estimate of drug-likeness (QED) is 0.823. The maximum Gasteiger partial charge on any atom is 0.112 e. The zero-order valence-electron chi connectivity index (χ0n) is 11.9. The molecule has 0 atom stereocenters. The third-order valence-corrected chi connectivity index (χ3v) is 4.86. The van der Waals surface area contributed by atoms with Gasteiger partial charge in [-0.3, -0.25) is 0 Å². The van der Waals surface area contributed by atoms with Crippen molar-refractivity contribution in [3.63, 3.8) is 0 Å². The third kappa shape index (κ3) is 3.34. The predicted octanol–water partition coefficient (Wildman–Crippen LogP) is 4.26. The van der Waals surface area contributed by atoms with Gasteiger partial charge in [-0.1, -0.05) is 80.3 Å². The Bertz CT molecular complexity index is 474. The van der Waals surface area contributed by atoms with Crippen molar-refractivity contribution in [1.29, 1.82) is 0 Å². The lowest BCUT2D eigenvalue weighted by atomic mass is 9.88. The summed E-state index contributed by atoms with van der Waals surface area (Å²) >= 11 is 0. The average Bonchev–Trinajstić information content (AvgIpc) is 2.39. The van der Waals surface area contributed by atoms with E-state index in [1.54, 1.807) is 0 Å². The van der Waals surface area contributed by atoms with Crippen LogP contribution in [0.5, 0.6) is 0 Å². The van der Waals surface area contributed by atoms with Crippen molar-refractivity contribution >= 4 is 8.07 Å². The van der Waals surface area contributed by atoms with E-state index in [-0.39, 0.29) is 0 Å². The smallest absolute Gasteiger partial charge is 0.112 e. The van der Waals surface area contributed by atoms with Crippen LogP contribution in [0.15, 0.2) is 60.7 Å². The van der Waals surface area contributed by atoms with Gasteiger partial charge in [0.2, 0.25) is 0 Å². The van der Waals surface area contributed by atoms with Gasteiger partial charge >= 0.3 is 0 Å². The lowest BCUT2D eigenvalue weighted by molar-refractivity contribution is 0.101. The molecule has 0 aliphatic heterocycles. The Morgan fingerprint density at radius 1 is 0.789 bits per heavy atom. The minimum atomic E-state index is -1.41. The van der Waals surface area contributed by atoms with Crippen LogP contribution in [0.3, 0.4) is 0 Å². The van der Waals surface area contributed by atoms with E-state index in [0.717, 1.165) is 17.2 Å². The molecule has 0 fully saturated rings. The second-order valence-electron chi connectivity index (χ2n) is 6.33. The average molecular weight is 270 g/mol. The lowest BCUT2D eigenvalue weighted by Gasteiger charge is -2.34. The Kier molecular flexibility index (Phi) is 3.93. The van der Waals surface area contributed by atoms with E-state index in [4.69, 9.17) is 0 Å². The van der Waals surface area contributed by atoms with Crippen LogP contribution in [0, 0.1) is 0 Å². The second-order valence-corrected chi connectivity index (χ2v) is 11.8. The highest BCUT2D eigenvalue weighted by Gasteiger charge is 2.36. The van der Waals surface area contributed by atoms with Gasteiger partial charge in [0.1, 0.15) is 5.60 Å². The summed E-state index contributed by atoms with van der Waals surface area (Å²) in [6, 6.07) is 20.9. The van der Waals surface area contributed by atoms with Crippen molar-refractivity contribution in [2.24, 2.45) is 0 Å². The fourth-order valence-electron chi connectivity index (χ4n) is 2.57. The van der Waals surface area contributed by atoms with Gasteiger partial charge in [0, 0.05) is 8.07 Å². The Labute approximate surface area is 116 Å². The van der Waals surface area contributed by atoms with Crippen LogP contribution in [0.25, 0.3) is 0 Å². The number of hydrogen-bond acceptors (Lipinski definition) is 1. The van der Waals surface area contributed by atoms with E-state index >= 15 is 0 Å². The van der Waals surface area contributed by atoms with E-state index in [0.29, 0.717) is 0 Å². The van der Waals surface area contributed by atoms with E-state index in [1.165, 1.54) is 0 Å². The van der Waals surface area contributed by atoms with Crippen molar-refractivity contribution in [3.8, 4) is 0 Å². The first kappa shape index (κ1) is 14.0. The molecular weight excluding hydrogens is 248 g/mol. The first-order valence-electron chi connectivity index (χ1n) is 6.75. The zero-order chi connectivity index (χ0) is 13.9. The SMILES string of the molecule is C[Si](C)(C)CC(O)(c1ccccc1)c1ccccc1. The number of aliphatic hydroxyl groups is 1. The van der Waals surface area contributed by atoms with Gasteiger partial charge < -0.3 is 5.11 Å². The fraction of sp³-hybridized carbons (Fsp3) is 0.294. The van der Waals surface area contributed by atoms with Gasteiger partial charge in [-0.25, -0.2) is 0 Å². The van der Waals surface area contributed by atoms with Gasteiger partial charge in [-0.15, -0.1) is 0 Å². The molecule has 0 aliphatic rings. The Morgan fingerprint density at radius 2 is 1.16 bits per heavy atom. The topological polar surface area (TPSA) is 20.2 Å². The molecule has 0 aromatic heterocycles. The maximum absolute atomic E-state index is 11.3. The third-order valence-electron chi connectivity index (χ3n) is 3.29. The van der Waals surface area contributed by atoms with Crippen LogP contribution >= 0.6 is 0 Å². The van der Waals surface area contributed by atoms with E-state index in [2.05, 4.69) is 19.6 Å². The summed E-state index contributed by atoms with van der Waals surface area (Å²) in [6.45, 7) is 6.89. The molecule has 0 amide bonds. The molecule has 2 aromatic carbocycles. The van der Waals surface area contributed by atoms with Gasteiger partial charge in [0.15, 0.2) is 0 Å². The van der Waals surface area contributed by atoms with Gasteiger partial charge in [-0.05, 0) is 17.2 Å². The fourth-order valence-corrected chi connectivity index (χ4v) is 4.51. The molecule has 19 heavy (non-hydrogen) atoms. The summed E-state index contributed by atoms with van der Waals surface area (Å²) in [5, 5.41) is 11.3. The normalized spacial score (nSPS) is 12.4. The highest BCUT2D eigenvalue weighted by molar-refractivity contribution is 6.76. The molecular formula is C17H22OSi. The minimum absolute atomic E-state index is 0.827. The standard InChI is InChI=1S/C17H22OSi/c1-19(2,3)14-17(18,15-10-6-4-7-11-15)16-12-8-5-9-13-16/h4-13,18H,14H2,1-3H3. The minimum Gasteiger partial charge on any atom is -0.381 e. The predicted molar refractivity (Wildman–Crippen MR) is 84.0 cm³/mol. The van der Waals surface area contributed by atoms with E-state index in [1.807, 2.05) is 60.7 Å². The molecule has 0 spiro atoms. The summed E-state index contributed by atoms with van der Waals surface area (Å²) in [7, 11) is -1.41. The Balaban J connectivity index is 2.51. The molecule has 0 radical (unpaired) electrons. The highest BCUT2D eigenvalue weighted by atomic mass is 28.3. The van der Waals surface area contributed by atoms with Crippen LogP contribution in [0.4, 0.5) is 0 Å². The molecule has 0 saturated carbocycles. The molecule has 0 heterocycles. The van der Waals surface area contributed by atoms with Crippen molar-refractivity contribution < 1.29 is 5.11 Å². The lowest BCUT2D eigenvalue weighted by Crippen LogP contribution is -2.36. The zero-order valence-corrected chi connectivity index (χ0v) is 12.9. The van der Waals surface area contributed by atoms with Gasteiger partial charge in [0.25, 0.3) is 0 Å².